The van der Waals surface area contributed by atoms with Crippen molar-refractivity contribution in [1.82, 2.24) is 10.3 Å². The first-order chi connectivity index (χ1) is 11.1. The minimum Gasteiger partial charge on any atom is -0.354 e. The van der Waals surface area contributed by atoms with Crippen LogP contribution in [0, 0.1) is 0 Å². The van der Waals surface area contributed by atoms with Crippen LogP contribution < -0.4 is 15.5 Å². The molecule has 0 saturated carbocycles. The molecule has 0 aliphatic carbocycles. The molecule has 5 nitrogen and oxygen atoms in total. The molecule has 2 heterocycles. The van der Waals surface area contributed by atoms with Crippen LogP contribution in [0.3, 0.4) is 0 Å². The molecular formula is C16H16Cl2N4O. The van der Waals surface area contributed by atoms with E-state index in [1.54, 1.807) is 24.4 Å². The summed E-state index contributed by atoms with van der Waals surface area (Å²) in [5.41, 5.74) is 0.608. The zero-order valence-electron chi connectivity index (χ0n) is 12.3. The molecule has 2 amide bonds. The van der Waals surface area contributed by atoms with E-state index >= 15 is 0 Å². The number of amides is 2. The number of urea groups is 1. The maximum absolute atomic E-state index is 12.1. The maximum atomic E-state index is 12.1. The molecule has 1 saturated heterocycles. The lowest BCUT2D eigenvalue weighted by Gasteiger charge is -2.18. The quantitative estimate of drug-likeness (QED) is 0.885. The van der Waals surface area contributed by atoms with Gasteiger partial charge < -0.3 is 15.5 Å². The third-order valence-electron chi connectivity index (χ3n) is 3.67. The lowest BCUT2D eigenvalue weighted by Crippen LogP contribution is -2.39. The SMILES string of the molecule is O=C(Nc1ccc(Cl)c(Cl)c1)N[C@H]1CCN(c2ccccn2)C1. The van der Waals surface area contributed by atoms with Crippen molar-refractivity contribution in [2.45, 2.75) is 12.5 Å². The van der Waals surface area contributed by atoms with Gasteiger partial charge in [-0.2, -0.15) is 0 Å². The van der Waals surface area contributed by atoms with E-state index in [1.165, 1.54) is 0 Å². The van der Waals surface area contributed by atoms with Crippen molar-refractivity contribution >= 4 is 40.7 Å². The zero-order valence-corrected chi connectivity index (χ0v) is 13.8. The Bertz CT molecular complexity index is 696. The molecule has 1 aliphatic rings. The number of benzene rings is 1. The molecule has 7 heteroatoms. The minimum atomic E-state index is -0.253. The zero-order chi connectivity index (χ0) is 16.2. The Kier molecular flexibility index (Phi) is 4.88. The number of nitrogens with one attached hydrogen (secondary N) is 2. The van der Waals surface area contributed by atoms with E-state index in [0.717, 1.165) is 25.3 Å². The molecule has 1 atom stereocenters. The normalized spacial score (nSPS) is 17.1. The number of rotatable bonds is 3. The van der Waals surface area contributed by atoms with Crippen LogP contribution in [-0.2, 0) is 0 Å². The van der Waals surface area contributed by atoms with Crippen LogP contribution in [0.4, 0.5) is 16.3 Å². The van der Waals surface area contributed by atoms with Gasteiger partial charge in [0.05, 0.1) is 10.0 Å². The van der Waals surface area contributed by atoms with Gasteiger partial charge in [0.15, 0.2) is 0 Å². The molecule has 2 aromatic rings. The van der Waals surface area contributed by atoms with Crippen molar-refractivity contribution in [2.24, 2.45) is 0 Å². The van der Waals surface area contributed by atoms with E-state index in [4.69, 9.17) is 23.2 Å². The average Bonchev–Trinajstić information content (AvgIpc) is 3.00. The van der Waals surface area contributed by atoms with Gasteiger partial charge in [-0.15, -0.1) is 0 Å². The summed E-state index contributed by atoms with van der Waals surface area (Å²) in [5, 5.41) is 6.60. The first kappa shape index (κ1) is 15.9. The Morgan fingerprint density at radius 1 is 1.22 bits per heavy atom. The topological polar surface area (TPSA) is 57.3 Å². The summed E-state index contributed by atoms with van der Waals surface area (Å²) in [6.07, 6.45) is 2.65. The monoisotopic (exact) mass is 350 g/mol. The Morgan fingerprint density at radius 2 is 2.09 bits per heavy atom. The van der Waals surface area contributed by atoms with Crippen molar-refractivity contribution in [3.63, 3.8) is 0 Å². The van der Waals surface area contributed by atoms with Crippen molar-refractivity contribution < 1.29 is 4.79 Å². The van der Waals surface area contributed by atoms with Crippen molar-refractivity contribution in [1.29, 1.82) is 0 Å². The summed E-state index contributed by atoms with van der Waals surface area (Å²) < 4.78 is 0. The third kappa shape index (κ3) is 4.06. The van der Waals surface area contributed by atoms with Crippen LogP contribution in [-0.4, -0.2) is 30.1 Å². The molecule has 1 aromatic heterocycles. The standard InChI is InChI=1S/C16H16Cl2N4O/c17-13-5-4-11(9-14(13)18)20-16(23)21-12-6-8-22(10-12)15-3-1-2-7-19-15/h1-5,7,9,12H,6,8,10H2,(H2,20,21,23)/t12-/m0/s1. The van der Waals surface area contributed by atoms with Crippen molar-refractivity contribution in [3.05, 3.63) is 52.6 Å². The summed E-state index contributed by atoms with van der Waals surface area (Å²) in [6, 6.07) is 10.6. The molecule has 1 aromatic carbocycles. The number of hydrogen-bond acceptors (Lipinski definition) is 3. The van der Waals surface area contributed by atoms with E-state index in [2.05, 4.69) is 20.5 Å². The van der Waals surface area contributed by atoms with Crippen LogP contribution >= 0.6 is 23.2 Å². The fourth-order valence-corrected chi connectivity index (χ4v) is 2.85. The van der Waals surface area contributed by atoms with Crippen LogP contribution in [0.1, 0.15) is 6.42 Å². The highest BCUT2D eigenvalue weighted by atomic mass is 35.5. The molecule has 1 aliphatic heterocycles. The number of aromatic nitrogens is 1. The van der Waals surface area contributed by atoms with E-state index in [0.29, 0.717) is 15.7 Å². The number of halogens is 2. The summed E-state index contributed by atoms with van der Waals surface area (Å²) in [4.78, 5) is 18.6. The minimum absolute atomic E-state index is 0.0831. The van der Waals surface area contributed by atoms with Crippen molar-refractivity contribution in [3.8, 4) is 0 Å². The molecule has 1 fully saturated rings. The molecule has 3 rings (SSSR count). The summed E-state index contributed by atoms with van der Waals surface area (Å²) in [6.45, 7) is 1.61. The lowest BCUT2D eigenvalue weighted by atomic mass is 10.3. The average molecular weight is 351 g/mol. The van der Waals surface area contributed by atoms with Crippen LogP contribution in [0.15, 0.2) is 42.6 Å². The van der Waals surface area contributed by atoms with Gasteiger partial charge in [-0.05, 0) is 36.8 Å². The van der Waals surface area contributed by atoms with Gasteiger partial charge in [0.2, 0.25) is 0 Å². The van der Waals surface area contributed by atoms with Gasteiger partial charge in [-0.1, -0.05) is 29.3 Å². The fraction of sp³-hybridized carbons (Fsp3) is 0.250. The predicted molar refractivity (Wildman–Crippen MR) is 93.5 cm³/mol. The van der Waals surface area contributed by atoms with Crippen LogP contribution in [0.25, 0.3) is 0 Å². The van der Waals surface area contributed by atoms with Crippen molar-refractivity contribution in [2.75, 3.05) is 23.3 Å². The predicted octanol–water partition coefficient (Wildman–Crippen LogP) is 3.79. The lowest BCUT2D eigenvalue weighted by molar-refractivity contribution is 0.249. The first-order valence-electron chi connectivity index (χ1n) is 7.30. The molecule has 0 unspecified atom stereocenters. The Labute approximate surface area is 144 Å². The number of nitrogens with zero attached hydrogens (tertiary/aromatic N) is 2. The second-order valence-electron chi connectivity index (χ2n) is 5.35. The molecule has 120 valence electrons. The summed E-state index contributed by atoms with van der Waals surface area (Å²) >= 11 is 11.8. The van der Waals surface area contributed by atoms with Gasteiger partial charge in [0, 0.05) is 31.0 Å². The van der Waals surface area contributed by atoms with Gasteiger partial charge in [0.1, 0.15) is 5.82 Å². The smallest absolute Gasteiger partial charge is 0.319 e. The van der Waals surface area contributed by atoms with Crippen LogP contribution in [0.2, 0.25) is 10.0 Å². The first-order valence-corrected chi connectivity index (χ1v) is 8.06. The number of carbonyl (C=O) groups is 1. The van der Waals surface area contributed by atoms with E-state index in [9.17, 15) is 4.79 Å². The van der Waals surface area contributed by atoms with Gasteiger partial charge >= 0.3 is 6.03 Å². The van der Waals surface area contributed by atoms with E-state index in [-0.39, 0.29) is 12.1 Å². The summed E-state index contributed by atoms with van der Waals surface area (Å²) in [5.74, 6) is 0.932. The number of hydrogen-bond donors (Lipinski definition) is 2. The van der Waals surface area contributed by atoms with Crippen LogP contribution in [0.5, 0.6) is 0 Å². The van der Waals surface area contributed by atoms with E-state index in [1.807, 2.05) is 18.2 Å². The molecule has 0 bridgehead atoms. The maximum Gasteiger partial charge on any atom is 0.319 e. The second kappa shape index (κ2) is 7.06. The number of carbonyl (C=O) groups excluding carboxylic acids is 1. The second-order valence-corrected chi connectivity index (χ2v) is 6.16. The van der Waals surface area contributed by atoms with Gasteiger partial charge in [0.25, 0.3) is 0 Å². The Hall–Kier alpha value is -1.98. The Morgan fingerprint density at radius 3 is 2.83 bits per heavy atom. The molecule has 0 radical (unpaired) electrons. The molecular weight excluding hydrogens is 335 g/mol. The highest BCUT2D eigenvalue weighted by Crippen LogP contribution is 2.25. The largest absolute Gasteiger partial charge is 0.354 e. The molecule has 0 spiro atoms. The van der Waals surface area contributed by atoms with E-state index < -0.39 is 0 Å². The molecule has 2 N–H and O–H groups in total. The highest BCUT2D eigenvalue weighted by Gasteiger charge is 2.24. The molecule has 23 heavy (non-hydrogen) atoms. The number of anilines is 2. The van der Waals surface area contributed by atoms with Gasteiger partial charge in [-0.3, -0.25) is 0 Å². The summed E-state index contributed by atoms with van der Waals surface area (Å²) in [7, 11) is 0. The Balaban J connectivity index is 1.53. The number of pyridine rings is 1. The highest BCUT2D eigenvalue weighted by molar-refractivity contribution is 6.42. The third-order valence-corrected chi connectivity index (χ3v) is 4.41. The van der Waals surface area contributed by atoms with Gasteiger partial charge in [-0.25, -0.2) is 9.78 Å². The fourth-order valence-electron chi connectivity index (χ4n) is 2.55.